The second-order valence-electron chi connectivity index (χ2n) is 6.02. The number of anilines is 1. The summed E-state index contributed by atoms with van der Waals surface area (Å²) in [5, 5.41) is 15.3. The fourth-order valence-electron chi connectivity index (χ4n) is 2.84. The predicted octanol–water partition coefficient (Wildman–Crippen LogP) is 3.90. The molecule has 0 spiro atoms. The van der Waals surface area contributed by atoms with Gasteiger partial charge in [-0.15, -0.1) is 0 Å². The lowest BCUT2D eigenvalue weighted by Crippen LogP contribution is -2.40. The number of urea groups is 1. The molecular weight excluding hydrogens is 304 g/mol. The van der Waals surface area contributed by atoms with Gasteiger partial charge in [-0.2, -0.15) is 0 Å². The van der Waals surface area contributed by atoms with Gasteiger partial charge in [0.2, 0.25) is 0 Å². The van der Waals surface area contributed by atoms with E-state index in [1.807, 2.05) is 54.6 Å². The molecule has 1 aliphatic rings. The molecule has 2 aromatic carbocycles. The van der Waals surface area contributed by atoms with Gasteiger partial charge in [0.25, 0.3) is 0 Å². The summed E-state index contributed by atoms with van der Waals surface area (Å²) in [4.78, 5) is 12.2. The highest BCUT2D eigenvalue weighted by molar-refractivity contribution is 5.91. The maximum atomic E-state index is 12.2. The lowest BCUT2D eigenvalue weighted by molar-refractivity contribution is 0.118. The van der Waals surface area contributed by atoms with E-state index in [2.05, 4.69) is 10.6 Å². The fourth-order valence-corrected chi connectivity index (χ4v) is 2.84. The van der Waals surface area contributed by atoms with Crippen molar-refractivity contribution in [2.45, 2.75) is 37.8 Å². The van der Waals surface area contributed by atoms with Crippen LogP contribution >= 0.6 is 0 Å². The molecule has 5 nitrogen and oxygen atoms in total. The molecule has 5 heteroatoms. The van der Waals surface area contributed by atoms with Gasteiger partial charge in [0.05, 0.1) is 11.8 Å². The minimum atomic E-state index is -0.250. The van der Waals surface area contributed by atoms with Crippen molar-refractivity contribution in [3.63, 3.8) is 0 Å². The number of carbonyl (C=O) groups is 1. The minimum Gasteiger partial charge on any atom is -0.455 e. The molecule has 126 valence electrons. The number of hydrogen-bond acceptors (Lipinski definition) is 3. The summed E-state index contributed by atoms with van der Waals surface area (Å²) in [6.07, 6.45) is 2.84. The van der Waals surface area contributed by atoms with E-state index in [-0.39, 0.29) is 18.2 Å². The van der Waals surface area contributed by atoms with E-state index < -0.39 is 0 Å². The van der Waals surface area contributed by atoms with Crippen molar-refractivity contribution in [3.05, 3.63) is 54.6 Å². The van der Waals surface area contributed by atoms with Crippen LogP contribution in [0.5, 0.6) is 11.5 Å². The average Bonchev–Trinajstić information content (AvgIpc) is 2.60. The Hall–Kier alpha value is -2.53. The first-order valence-corrected chi connectivity index (χ1v) is 8.28. The monoisotopic (exact) mass is 326 g/mol. The van der Waals surface area contributed by atoms with Crippen LogP contribution in [-0.2, 0) is 0 Å². The third-order valence-corrected chi connectivity index (χ3v) is 4.14. The van der Waals surface area contributed by atoms with Gasteiger partial charge in [-0.25, -0.2) is 4.79 Å². The number of benzene rings is 2. The van der Waals surface area contributed by atoms with Crippen LogP contribution in [0.15, 0.2) is 54.6 Å². The summed E-state index contributed by atoms with van der Waals surface area (Å²) in [5.74, 6) is 1.31. The van der Waals surface area contributed by atoms with Crippen molar-refractivity contribution in [1.82, 2.24) is 5.32 Å². The number of amides is 2. The van der Waals surface area contributed by atoms with Gasteiger partial charge < -0.3 is 20.5 Å². The number of rotatable bonds is 4. The third-order valence-electron chi connectivity index (χ3n) is 4.14. The summed E-state index contributed by atoms with van der Waals surface area (Å²) in [6, 6.07) is 16.7. The molecular formula is C19H22N2O3. The number of ether oxygens (including phenoxy) is 1. The molecule has 0 heterocycles. The van der Waals surface area contributed by atoms with E-state index in [0.717, 1.165) is 25.7 Å². The quantitative estimate of drug-likeness (QED) is 0.798. The van der Waals surface area contributed by atoms with E-state index in [4.69, 9.17) is 4.74 Å². The van der Waals surface area contributed by atoms with Gasteiger partial charge in [0, 0.05) is 6.04 Å². The Morgan fingerprint density at radius 1 is 0.958 bits per heavy atom. The van der Waals surface area contributed by atoms with Gasteiger partial charge in [0.1, 0.15) is 5.75 Å². The normalized spacial score (nSPS) is 20.2. The largest absolute Gasteiger partial charge is 0.455 e. The molecule has 3 N–H and O–H groups in total. The molecule has 3 rings (SSSR count). The zero-order chi connectivity index (χ0) is 16.8. The van der Waals surface area contributed by atoms with Crippen LogP contribution in [-0.4, -0.2) is 23.3 Å². The Morgan fingerprint density at radius 2 is 1.62 bits per heavy atom. The number of aliphatic hydroxyl groups excluding tert-OH is 1. The van der Waals surface area contributed by atoms with Gasteiger partial charge in [-0.05, 0) is 49.9 Å². The zero-order valence-corrected chi connectivity index (χ0v) is 13.4. The Labute approximate surface area is 141 Å². The molecule has 2 amide bonds. The summed E-state index contributed by atoms with van der Waals surface area (Å²) in [5.41, 5.74) is 0.620. The SMILES string of the molecule is O=C(Nc1ccccc1Oc1ccccc1)NC1CCC(O)CC1. The first-order chi connectivity index (χ1) is 11.7. The first-order valence-electron chi connectivity index (χ1n) is 8.28. The van der Waals surface area contributed by atoms with Gasteiger partial charge in [-0.1, -0.05) is 30.3 Å². The van der Waals surface area contributed by atoms with E-state index >= 15 is 0 Å². The molecule has 0 aromatic heterocycles. The second-order valence-corrected chi connectivity index (χ2v) is 6.02. The van der Waals surface area contributed by atoms with Crippen LogP contribution < -0.4 is 15.4 Å². The van der Waals surface area contributed by atoms with E-state index in [9.17, 15) is 9.90 Å². The molecule has 1 fully saturated rings. The molecule has 24 heavy (non-hydrogen) atoms. The van der Waals surface area contributed by atoms with Crippen molar-refractivity contribution in [2.75, 3.05) is 5.32 Å². The smallest absolute Gasteiger partial charge is 0.319 e. The molecule has 0 radical (unpaired) electrons. The number of hydrogen-bond donors (Lipinski definition) is 3. The van der Waals surface area contributed by atoms with Crippen LogP contribution in [0.4, 0.5) is 10.5 Å². The molecule has 1 saturated carbocycles. The van der Waals surface area contributed by atoms with Crippen molar-refractivity contribution in [3.8, 4) is 11.5 Å². The number of carbonyl (C=O) groups excluding carboxylic acids is 1. The fraction of sp³-hybridized carbons (Fsp3) is 0.316. The Kier molecular flexibility index (Phi) is 5.33. The average molecular weight is 326 g/mol. The Balaban J connectivity index is 1.61. The Bertz CT molecular complexity index is 667. The Morgan fingerprint density at radius 3 is 2.38 bits per heavy atom. The molecule has 0 aliphatic heterocycles. The topological polar surface area (TPSA) is 70.6 Å². The zero-order valence-electron chi connectivity index (χ0n) is 13.4. The van der Waals surface area contributed by atoms with Crippen LogP contribution in [0.1, 0.15) is 25.7 Å². The highest BCUT2D eigenvalue weighted by Gasteiger charge is 2.21. The number of aliphatic hydroxyl groups is 1. The number of para-hydroxylation sites is 3. The van der Waals surface area contributed by atoms with Crippen molar-refractivity contribution in [2.24, 2.45) is 0 Å². The predicted molar refractivity (Wildman–Crippen MR) is 93.4 cm³/mol. The van der Waals surface area contributed by atoms with Crippen molar-refractivity contribution >= 4 is 11.7 Å². The first kappa shape index (κ1) is 16.3. The highest BCUT2D eigenvalue weighted by Crippen LogP contribution is 2.29. The maximum absolute atomic E-state index is 12.2. The highest BCUT2D eigenvalue weighted by atomic mass is 16.5. The van der Waals surface area contributed by atoms with Gasteiger partial charge in [0.15, 0.2) is 5.75 Å². The van der Waals surface area contributed by atoms with Crippen molar-refractivity contribution < 1.29 is 14.6 Å². The maximum Gasteiger partial charge on any atom is 0.319 e. The summed E-state index contributed by atoms with van der Waals surface area (Å²) in [7, 11) is 0. The van der Waals surface area contributed by atoms with Crippen LogP contribution in [0.2, 0.25) is 0 Å². The van der Waals surface area contributed by atoms with Gasteiger partial charge in [-0.3, -0.25) is 0 Å². The van der Waals surface area contributed by atoms with Crippen LogP contribution in [0.3, 0.4) is 0 Å². The van der Waals surface area contributed by atoms with E-state index in [0.29, 0.717) is 17.2 Å². The van der Waals surface area contributed by atoms with E-state index in [1.165, 1.54) is 0 Å². The molecule has 2 aromatic rings. The molecule has 1 aliphatic carbocycles. The summed E-state index contributed by atoms with van der Waals surface area (Å²) in [6.45, 7) is 0. The van der Waals surface area contributed by atoms with E-state index in [1.54, 1.807) is 0 Å². The summed E-state index contributed by atoms with van der Waals surface area (Å²) < 4.78 is 5.84. The van der Waals surface area contributed by atoms with Gasteiger partial charge >= 0.3 is 6.03 Å². The van der Waals surface area contributed by atoms with Crippen molar-refractivity contribution in [1.29, 1.82) is 0 Å². The number of nitrogens with one attached hydrogen (secondary N) is 2. The molecule has 0 bridgehead atoms. The summed E-state index contributed by atoms with van der Waals surface area (Å²) >= 11 is 0. The lowest BCUT2D eigenvalue weighted by Gasteiger charge is -2.26. The van der Waals surface area contributed by atoms with Crippen LogP contribution in [0.25, 0.3) is 0 Å². The minimum absolute atomic E-state index is 0.107. The third kappa shape index (κ3) is 4.49. The lowest BCUT2D eigenvalue weighted by atomic mass is 9.93. The molecule has 0 unspecified atom stereocenters. The standard InChI is InChI=1S/C19H22N2O3/c22-15-12-10-14(11-13-15)20-19(23)21-17-8-4-5-9-18(17)24-16-6-2-1-3-7-16/h1-9,14-15,22H,10-13H2,(H2,20,21,23). The molecule has 0 saturated heterocycles. The molecule has 0 atom stereocenters. The second kappa shape index (κ2) is 7.84. The van der Waals surface area contributed by atoms with Crippen LogP contribution in [0, 0.1) is 0 Å².